The maximum atomic E-state index is 13.0. The summed E-state index contributed by atoms with van der Waals surface area (Å²) in [5.74, 6) is -1.38. The Morgan fingerprint density at radius 1 is 1.17 bits per heavy atom. The first-order valence-electron chi connectivity index (χ1n) is 11.1. The molecule has 13 heteroatoms. The number of aliphatic carboxylic acids is 1. The van der Waals surface area contributed by atoms with E-state index in [0.717, 1.165) is 12.3 Å². The molecule has 1 atom stereocenters. The number of carboxylic acid groups (broad SMARTS) is 1. The third kappa shape index (κ3) is 5.57. The Hall–Kier alpha value is -3.32. The molecule has 1 aliphatic rings. The van der Waals surface area contributed by atoms with Gasteiger partial charge in [0, 0.05) is 24.1 Å². The second kappa shape index (κ2) is 9.97. The Morgan fingerprint density at radius 3 is 2.53 bits per heavy atom. The van der Waals surface area contributed by atoms with Crippen LogP contribution in [0.1, 0.15) is 43.3 Å². The molecule has 0 aliphatic heterocycles. The van der Waals surface area contributed by atoms with Crippen LogP contribution < -0.4 is 10.1 Å². The third-order valence-corrected chi connectivity index (χ3v) is 7.52. The molecule has 3 N–H and O–H groups in total. The van der Waals surface area contributed by atoms with E-state index >= 15 is 0 Å². The van der Waals surface area contributed by atoms with E-state index in [4.69, 9.17) is 4.74 Å². The zero-order valence-electron chi connectivity index (χ0n) is 19.4. The number of aliphatic hydroxyl groups is 1. The first-order valence-corrected chi connectivity index (χ1v) is 11.9. The van der Waals surface area contributed by atoms with Crippen LogP contribution in [0.25, 0.3) is 10.6 Å². The number of anilines is 2. The largest absolute Gasteiger partial charge is 0.481 e. The lowest BCUT2D eigenvalue weighted by Gasteiger charge is -2.35. The van der Waals surface area contributed by atoms with Crippen LogP contribution in [0.5, 0.6) is 5.88 Å². The highest BCUT2D eigenvalue weighted by atomic mass is 32.1. The molecule has 3 aromatic rings. The molecule has 0 unspecified atom stereocenters. The van der Waals surface area contributed by atoms with Crippen LogP contribution >= 0.6 is 11.3 Å². The van der Waals surface area contributed by atoms with Crippen molar-refractivity contribution < 1.29 is 32.9 Å². The summed E-state index contributed by atoms with van der Waals surface area (Å²) in [6.07, 6.45) is 0.103. The van der Waals surface area contributed by atoms with Crippen LogP contribution in [0.2, 0.25) is 0 Å². The highest BCUT2D eigenvalue weighted by Crippen LogP contribution is 2.43. The molecular weight excluding hydrogens is 499 g/mol. The van der Waals surface area contributed by atoms with Gasteiger partial charge in [-0.05, 0) is 50.7 Å². The second-order valence-corrected chi connectivity index (χ2v) is 9.77. The first-order chi connectivity index (χ1) is 17.0. The summed E-state index contributed by atoms with van der Waals surface area (Å²) in [5, 5.41) is 23.7. The van der Waals surface area contributed by atoms with E-state index in [2.05, 4.69) is 25.3 Å². The monoisotopic (exact) mass is 523 g/mol. The minimum Gasteiger partial charge on any atom is -0.481 e. The molecule has 0 radical (unpaired) electrons. The van der Waals surface area contributed by atoms with Gasteiger partial charge in [-0.3, -0.25) is 4.79 Å². The molecule has 0 aromatic carbocycles. The number of hydrogen-bond donors (Lipinski definition) is 3. The van der Waals surface area contributed by atoms with E-state index < -0.39 is 29.4 Å². The van der Waals surface area contributed by atoms with Gasteiger partial charge < -0.3 is 20.3 Å². The van der Waals surface area contributed by atoms with Gasteiger partial charge in [0.15, 0.2) is 0 Å². The summed E-state index contributed by atoms with van der Waals surface area (Å²) in [6, 6.07) is 3.87. The second-order valence-electron chi connectivity index (χ2n) is 8.74. The zero-order valence-corrected chi connectivity index (χ0v) is 20.2. The number of ether oxygens (including phenoxy) is 1. The van der Waals surface area contributed by atoms with E-state index in [1.807, 2.05) is 0 Å². The van der Waals surface area contributed by atoms with Crippen LogP contribution in [0, 0.1) is 11.8 Å². The summed E-state index contributed by atoms with van der Waals surface area (Å²) in [7, 11) is 1.41. The quantitative estimate of drug-likeness (QED) is 0.397. The van der Waals surface area contributed by atoms with Gasteiger partial charge in [0.1, 0.15) is 16.3 Å². The number of nitrogens with one attached hydrogen (secondary N) is 1. The van der Waals surface area contributed by atoms with Gasteiger partial charge in [-0.1, -0.05) is 0 Å². The van der Waals surface area contributed by atoms with Gasteiger partial charge >= 0.3 is 12.1 Å². The smallest absolute Gasteiger partial charge is 0.433 e. The van der Waals surface area contributed by atoms with Crippen LogP contribution in [0.15, 0.2) is 30.6 Å². The average Bonchev–Trinajstić information content (AvgIpc) is 3.35. The molecule has 4 rings (SSSR count). The number of aromatic nitrogens is 4. The summed E-state index contributed by atoms with van der Waals surface area (Å²) < 4.78 is 44.2. The Kier molecular flexibility index (Phi) is 7.14. The standard InChI is InChI=1S/C23H24F3N5O4S/c1-22(34,13-5-3-12(4-6-13)19(32)33)20-28-11-16(36-20)15-9-14(10-18(30-15)35-2)29-21-27-8-7-17(31-21)23(24,25)26/h7-13,34H,3-6H2,1-2H3,(H,32,33)(H,27,29,30,31)/t12-,13-,22-/m1/s1. The van der Waals surface area contributed by atoms with Crippen molar-refractivity contribution >= 4 is 28.9 Å². The SMILES string of the molecule is COc1cc(Nc2nccc(C(F)(F)F)n2)cc(-c2cnc([C@](C)(O)[C@H]3CC[C@H](C(=O)O)CC3)s2)n1. The highest BCUT2D eigenvalue weighted by Gasteiger charge is 2.40. The number of thiazole rings is 1. The van der Waals surface area contributed by atoms with Gasteiger partial charge in [-0.2, -0.15) is 13.2 Å². The molecule has 1 aliphatic carbocycles. The lowest BCUT2D eigenvalue weighted by atomic mass is 9.74. The maximum absolute atomic E-state index is 13.0. The number of methoxy groups -OCH3 is 1. The Labute approximate surface area is 208 Å². The summed E-state index contributed by atoms with van der Waals surface area (Å²) in [5.41, 5.74) is -1.55. The lowest BCUT2D eigenvalue weighted by molar-refractivity contribution is -0.144. The maximum Gasteiger partial charge on any atom is 0.433 e. The molecule has 0 spiro atoms. The van der Waals surface area contributed by atoms with Crippen LogP contribution in [0.3, 0.4) is 0 Å². The summed E-state index contributed by atoms with van der Waals surface area (Å²) >= 11 is 1.23. The van der Waals surface area contributed by atoms with E-state index in [1.165, 1.54) is 24.5 Å². The van der Waals surface area contributed by atoms with Gasteiger partial charge in [-0.15, -0.1) is 11.3 Å². The number of alkyl halides is 3. The first kappa shape index (κ1) is 25.8. The van der Waals surface area contributed by atoms with Gasteiger partial charge in [0.2, 0.25) is 11.8 Å². The number of carboxylic acids is 1. The predicted molar refractivity (Wildman–Crippen MR) is 125 cm³/mol. The number of halogens is 3. The molecule has 1 saturated carbocycles. The lowest BCUT2D eigenvalue weighted by Crippen LogP contribution is -2.35. The number of pyridine rings is 1. The van der Waals surface area contributed by atoms with Crippen LogP contribution in [-0.2, 0) is 16.6 Å². The number of nitrogens with zero attached hydrogens (tertiary/aromatic N) is 4. The van der Waals surface area contributed by atoms with E-state index in [-0.39, 0.29) is 17.7 Å². The van der Waals surface area contributed by atoms with E-state index in [0.29, 0.717) is 46.9 Å². The predicted octanol–water partition coefficient (Wildman–Crippen LogP) is 4.86. The van der Waals surface area contributed by atoms with E-state index in [1.54, 1.807) is 19.2 Å². The molecule has 36 heavy (non-hydrogen) atoms. The Morgan fingerprint density at radius 2 is 1.89 bits per heavy atom. The Balaban J connectivity index is 1.57. The molecule has 3 heterocycles. The van der Waals surface area contributed by atoms with Crippen molar-refractivity contribution in [3.05, 3.63) is 41.3 Å². The van der Waals surface area contributed by atoms with Gasteiger partial charge in [-0.25, -0.2) is 19.9 Å². The van der Waals surface area contributed by atoms with Crippen molar-refractivity contribution in [3.8, 4) is 16.5 Å². The minimum absolute atomic E-state index is 0.138. The van der Waals surface area contributed by atoms with Crippen molar-refractivity contribution in [3.63, 3.8) is 0 Å². The zero-order chi connectivity index (χ0) is 26.1. The van der Waals surface area contributed by atoms with Crippen LogP contribution in [-0.4, -0.2) is 43.2 Å². The number of hydrogen-bond acceptors (Lipinski definition) is 9. The van der Waals surface area contributed by atoms with Crippen molar-refractivity contribution in [2.24, 2.45) is 11.8 Å². The molecule has 0 saturated heterocycles. The molecule has 3 aromatic heterocycles. The van der Waals surface area contributed by atoms with Gasteiger partial charge in [0.25, 0.3) is 0 Å². The van der Waals surface area contributed by atoms with Gasteiger partial charge in [0.05, 0.1) is 23.6 Å². The molecule has 9 nitrogen and oxygen atoms in total. The fourth-order valence-corrected chi connectivity index (χ4v) is 5.22. The van der Waals surface area contributed by atoms with Crippen molar-refractivity contribution in [2.45, 2.75) is 44.4 Å². The number of rotatable bonds is 7. The number of carbonyl (C=O) groups is 1. The highest BCUT2D eigenvalue weighted by molar-refractivity contribution is 7.15. The third-order valence-electron chi connectivity index (χ3n) is 6.28. The van der Waals surface area contributed by atoms with Crippen molar-refractivity contribution in [2.75, 3.05) is 12.4 Å². The normalized spacial score (nSPS) is 19.9. The topological polar surface area (TPSA) is 130 Å². The van der Waals surface area contributed by atoms with E-state index in [9.17, 15) is 28.2 Å². The average molecular weight is 524 g/mol. The molecule has 1 fully saturated rings. The van der Waals surface area contributed by atoms with Crippen LogP contribution in [0.4, 0.5) is 24.8 Å². The summed E-state index contributed by atoms with van der Waals surface area (Å²) in [6.45, 7) is 1.68. The Bertz CT molecular complexity index is 1240. The van der Waals surface area contributed by atoms with Crippen molar-refractivity contribution in [1.29, 1.82) is 0 Å². The molecular formula is C23H24F3N5O4S. The minimum atomic E-state index is -4.61. The summed E-state index contributed by atoms with van der Waals surface area (Å²) in [4.78, 5) is 28.0. The fraction of sp³-hybridized carbons (Fsp3) is 0.435. The fourth-order valence-electron chi connectivity index (χ4n) is 4.22. The molecule has 0 bridgehead atoms. The molecule has 192 valence electrons. The molecule has 0 amide bonds. The van der Waals surface area contributed by atoms with Crippen molar-refractivity contribution in [1.82, 2.24) is 19.9 Å².